The molecule has 0 aliphatic carbocycles. The SMILES string of the molecule is Cc1nc(CN2CCN(C(=O)c3nccnc3N)CC2)cs1. The van der Waals surface area contributed by atoms with Crippen LogP contribution in [0.5, 0.6) is 0 Å². The predicted molar refractivity (Wildman–Crippen MR) is 84.5 cm³/mol. The highest BCUT2D eigenvalue weighted by atomic mass is 32.1. The molecule has 2 N–H and O–H groups in total. The van der Waals surface area contributed by atoms with Crippen LogP contribution in [0.25, 0.3) is 0 Å². The molecule has 2 aromatic rings. The minimum atomic E-state index is -0.144. The highest BCUT2D eigenvalue weighted by molar-refractivity contribution is 7.09. The van der Waals surface area contributed by atoms with Gasteiger partial charge in [-0.05, 0) is 6.92 Å². The van der Waals surface area contributed by atoms with E-state index in [4.69, 9.17) is 5.73 Å². The Morgan fingerprint density at radius 3 is 2.64 bits per heavy atom. The summed E-state index contributed by atoms with van der Waals surface area (Å²) in [5, 5.41) is 3.18. The Kier molecular flexibility index (Phi) is 4.30. The summed E-state index contributed by atoms with van der Waals surface area (Å²) in [5.41, 5.74) is 7.06. The smallest absolute Gasteiger partial charge is 0.276 e. The first kappa shape index (κ1) is 14.9. The molecule has 0 atom stereocenters. The van der Waals surface area contributed by atoms with Gasteiger partial charge in [-0.1, -0.05) is 0 Å². The lowest BCUT2D eigenvalue weighted by Crippen LogP contribution is -2.48. The van der Waals surface area contributed by atoms with Crippen LogP contribution in [0.1, 0.15) is 21.2 Å². The second-order valence-electron chi connectivity index (χ2n) is 5.22. The number of nitrogens with two attached hydrogens (primary N) is 1. The van der Waals surface area contributed by atoms with Crippen molar-refractivity contribution in [3.8, 4) is 0 Å². The van der Waals surface area contributed by atoms with Gasteiger partial charge in [0.15, 0.2) is 11.5 Å². The van der Waals surface area contributed by atoms with Gasteiger partial charge in [0.2, 0.25) is 0 Å². The van der Waals surface area contributed by atoms with Crippen LogP contribution in [-0.2, 0) is 6.54 Å². The molecule has 3 rings (SSSR count). The maximum absolute atomic E-state index is 12.4. The van der Waals surface area contributed by atoms with Crippen LogP contribution >= 0.6 is 11.3 Å². The van der Waals surface area contributed by atoms with Crippen molar-refractivity contribution in [1.82, 2.24) is 24.8 Å². The standard InChI is InChI=1S/C14H18N6OS/c1-10-18-11(9-22-10)8-19-4-6-20(7-5-19)14(21)12-13(15)17-3-2-16-12/h2-3,9H,4-8H2,1H3,(H2,15,17). The molecule has 1 amide bonds. The molecule has 1 aliphatic rings. The third-order valence-corrected chi connectivity index (χ3v) is 4.46. The summed E-state index contributed by atoms with van der Waals surface area (Å²) in [6, 6.07) is 0. The predicted octanol–water partition coefficient (Wildman–Crippen LogP) is 0.782. The number of hydrogen-bond donors (Lipinski definition) is 1. The fraction of sp³-hybridized carbons (Fsp3) is 0.429. The molecule has 0 aromatic carbocycles. The zero-order chi connectivity index (χ0) is 15.5. The number of nitrogens with zero attached hydrogens (tertiary/aromatic N) is 5. The Labute approximate surface area is 132 Å². The number of anilines is 1. The number of rotatable bonds is 3. The van der Waals surface area contributed by atoms with E-state index in [-0.39, 0.29) is 17.4 Å². The van der Waals surface area contributed by atoms with Crippen LogP contribution in [0, 0.1) is 6.92 Å². The van der Waals surface area contributed by atoms with E-state index in [1.807, 2.05) is 6.92 Å². The third-order valence-electron chi connectivity index (χ3n) is 3.64. The molecule has 116 valence electrons. The number of carbonyl (C=O) groups excluding carboxylic acids is 1. The van der Waals surface area contributed by atoms with E-state index in [1.54, 1.807) is 16.2 Å². The molecule has 0 bridgehead atoms. The highest BCUT2D eigenvalue weighted by Gasteiger charge is 2.24. The summed E-state index contributed by atoms with van der Waals surface area (Å²) in [6.45, 7) is 5.82. The van der Waals surface area contributed by atoms with Gasteiger partial charge in [-0.25, -0.2) is 15.0 Å². The molecule has 0 unspecified atom stereocenters. The molecule has 8 heteroatoms. The quantitative estimate of drug-likeness (QED) is 0.900. The molecule has 1 saturated heterocycles. The number of piperazine rings is 1. The number of carbonyl (C=O) groups is 1. The van der Waals surface area contributed by atoms with E-state index in [0.29, 0.717) is 13.1 Å². The summed E-state index contributed by atoms with van der Waals surface area (Å²) in [5.74, 6) is 0.0441. The maximum Gasteiger partial charge on any atom is 0.276 e. The van der Waals surface area contributed by atoms with Crippen molar-refractivity contribution in [3.63, 3.8) is 0 Å². The average Bonchev–Trinajstić information content (AvgIpc) is 2.93. The van der Waals surface area contributed by atoms with Crippen molar-refractivity contribution >= 4 is 23.1 Å². The first-order valence-electron chi connectivity index (χ1n) is 7.12. The Hall–Kier alpha value is -2.06. The van der Waals surface area contributed by atoms with Gasteiger partial charge in [-0.15, -0.1) is 11.3 Å². The summed E-state index contributed by atoms with van der Waals surface area (Å²) in [4.78, 5) is 28.9. The third kappa shape index (κ3) is 3.23. The number of nitrogen functional groups attached to an aromatic ring is 1. The van der Waals surface area contributed by atoms with Crippen LogP contribution in [0.3, 0.4) is 0 Å². The molecule has 1 fully saturated rings. The van der Waals surface area contributed by atoms with Gasteiger partial charge < -0.3 is 10.6 Å². The number of hydrogen-bond acceptors (Lipinski definition) is 7. The molecule has 2 aromatic heterocycles. The Bertz CT molecular complexity index is 665. The van der Waals surface area contributed by atoms with Crippen molar-refractivity contribution in [2.75, 3.05) is 31.9 Å². The molecule has 0 saturated carbocycles. The van der Waals surface area contributed by atoms with Gasteiger partial charge in [0.05, 0.1) is 10.7 Å². The van der Waals surface area contributed by atoms with Crippen LogP contribution in [0.2, 0.25) is 0 Å². The summed E-state index contributed by atoms with van der Waals surface area (Å²) in [7, 11) is 0. The number of aryl methyl sites for hydroxylation is 1. The fourth-order valence-electron chi connectivity index (χ4n) is 2.48. The maximum atomic E-state index is 12.4. The Morgan fingerprint density at radius 1 is 1.27 bits per heavy atom. The lowest BCUT2D eigenvalue weighted by Gasteiger charge is -2.34. The molecular formula is C14H18N6OS. The molecule has 0 spiro atoms. The lowest BCUT2D eigenvalue weighted by atomic mass is 10.2. The number of thiazole rings is 1. The zero-order valence-electron chi connectivity index (χ0n) is 12.4. The van der Waals surface area contributed by atoms with E-state index < -0.39 is 0 Å². The summed E-state index contributed by atoms with van der Waals surface area (Å²) in [6.07, 6.45) is 2.98. The van der Waals surface area contributed by atoms with E-state index >= 15 is 0 Å². The van der Waals surface area contributed by atoms with Gasteiger partial charge in [0.25, 0.3) is 5.91 Å². The number of amides is 1. The van der Waals surface area contributed by atoms with Crippen molar-refractivity contribution in [2.45, 2.75) is 13.5 Å². The van der Waals surface area contributed by atoms with E-state index in [2.05, 4.69) is 25.2 Å². The van der Waals surface area contributed by atoms with Crippen molar-refractivity contribution in [3.05, 3.63) is 34.2 Å². The van der Waals surface area contributed by atoms with Crippen LogP contribution < -0.4 is 5.73 Å². The van der Waals surface area contributed by atoms with E-state index in [0.717, 1.165) is 30.3 Å². The molecule has 1 aliphatic heterocycles. The van der Waals surface area contributed by atoms with Gasteiger partial charge in [0, 0.05) is 50.5 Å². The molecule has 22 heavy (non-hydrogen) atoms. The molecular weight excluding hydrogens is 300 g/mol. The average molecular weight is 318 g/mol. The minimum absolute atomic E-state index is 0.144. The Balaban J connectivity index is 1.57. The first-order chi connectivity index (χ1) is 10.6. The van der Waals surface area contributed by atoms with Crippen LogP contribution in [0.4, 0.5) is 5.82 Å². The van der Waals surface area contributed by atoms with Crippen LogP contribution in [-0.4, -0.2) is 56.8 Å². The van der Waals surface area contributed by atoms with Crippen LogP contribution in [0.15, 0.2) is 17.8 Å². The monoisotopic (exact) mass is 318 g/mol. The first-order valence-corrected chi connectivity index (χ1v) is 8.00. The van der Waals surface area contributed by atoms with Gasteiger partial charge >= 0.3 is 0 Å². The Morgan fingerprint density at radius 2 is 2.00 bits per heavy atom. The van der Waals surface area contributed by atoms with Crippen molar-refractivity contribution in [2.24, 2.45) is 0 Å². The van der Waals surface area contributed by atoms with Gasteiger partial charge in [-0.3, -0.25) is 9.69 Å². The van der Waals surface area contributed by atoms with Gasteiger partial charge in [0.1, 0.15) is 0 Å². The largest absolute Gasteiger partial charge is 0.382 e. The minimum Gasteiger partial charge on any atom is -0.382 e. The van der Waals surface area contributed by atoms with Gasteiger partial charge in [-0.2, -0.15) is 0 Å². The second kappa shape index (κ2) is 6.37. The lowest BCUT2D eigenvalue weighted by molar-refractivity contribution is 0.0622. The second-order valence-corrected chi connectivity index (χ2v) is 6.28. The van der Waals surface area contributed by atoms with Crippen molar-refractivity contribution < 1.29 is 4.79 Å². The topological polar surface area (TPSA) is 88.2 Å². The molecule has 0 radical (unpaired) electrons. The highest BCUT2D eigenvalue weighted by Crippen LogP contribution is 2.14. The summed E-state index contributed by atoms with van der Waals surface area (Å²) < 4.78 is 0. The van der Waals surface area contributed by atoms with Crippen molar-refractivity contribution in [1.29, 1.82) is 0 Å². The normalized spacial score (nSPS) is 16.0. The van der Waals surface area contributed by atoms with E-state index in [9.17, 15) is 4.79 Å². The van der Waals surface area contributed by atoms with E-state index in [1.165, 1.54) is 12.4 Å². The summed E-state index contributed by atoms with van der Waals surface area (Å²) >= 11 is 1.67. The zero-order valence-corrected chi connectivity index (χ0v) is 13.2. The fourth-order valence-corrected chi connectivity index (χ4v) is 3.09. The number of aromatic nitrogens is 3. The molecule has 3 heterocycles. The molecule has 7 nitrogen and oxygen atoms in total.